The van der Waals surface area contributed by atoms with Crippen molar-refractivity contribution < 1.29 is 9.90 Å². The number of aryl methyl sites for hydroxylation is 1. The van der Waals surface area contributed by atoms with Crippen molar-refractivity contribution in [1.82, 2.24) is 5.32 Å². The monoisotopic (exact) mass is 471 g/mol. The lowest BCUT2D eigenvalue weighted by Crippen LogP contribution is -2.33. The van der Waals surface area contributed by atoms with Gasteiger partial charge in [0.1, 0.15) is 0 Å². The van der Waals surface area contributed by atoms with E-state index in [1.807, 2.05) is 67.6 Å². The second-order valence-corrected chi connectivity index (χ2v) is 8.60. The molecule has 3 aromatic carbocycles. The van der Waals surface area contributed by atoms with Gasteiger partial charge >= 0.3 is 5.97 Å². The zero-order valence-electron chi connectivity index (χ0n) is 16.9. The van der Waals surface area contributed by atoms with Crippen molar-refractivity contribution in [3.8, 4) is 0 Å². The zero-order chi connectivity index (χ0) is 22.4. The number of halogens is 2. The number of carboxylic acid groups (broad SMARTS) is 1. The molecule has 0 amide bonds. The summed E-state index contributed by atoms with van der Waals surface area (Å²) in [5.74, 6) is -0.919. The lowest BCUT2D eigenvalue weighted by Gasteiger charge is -2.31. The number of hydrogen-bond acceptors (Lipinski definition) is 3. The van der Waals surface area contributed by atoms with Crippen molar-refractivity contribution in [2.24, 2.45) is 0 Å². The van der Waals surface area contributed by atoms with Gasteiger partial charge in [-0.1, -0.05) is 71.7 Å². The number of carboxylic acids is 1. The van der Waals surface area contributed by atoms with E-state index < -0.39 is 12.0 Å². The first kappa shape index (κ1) is 23.4. The van der Waals surface area contributed by atoms with Crippen LogP contribution in [0.5, 0.6) is 0 Å². The minimum absolute atomic E-state index is 0.0272. The first-order valence-corrected chi connectivity index (χ1v) is 11.0. The van der Waals surface area contributed by atoms with Gasteiger partial charge in [-0.25, -0.2) is 4.79 Å². The Labute approximate surface area is 198 Å². The molecule has 0 saturated carbocycles. The van der Waals surface area contributed by atoms with Crippen LogP contribution in [-0.4, -0.2) is 11.1 Å². The maximum Gasteiger partial charge on any atom is 0.333 e. The highest BCUT2D eigenvalue weighted by Crippen LogP contribution is 2.34. The molecule has 6 heteroatoms. The van der Waals surface area contributed by atoms with Crippen LogP contribution in [0.1, 0.15) is 35.2 Å². The number of aliphatic carboxylic acids is 1. The third-order valence-electron chi connectivity index (χ3n) is 5.07. The maximum atomic E-state index is 11.6. The van der Waals surface area contributed by atoms with Crippen molar-refractivity contribution in [2.75, 3.05) is 0 Å². The number of benzene rings is 3. The Morgan fingerprint density at radius 2 is 1.68 bits per heavy atom. The minimum Gasteiger partial charge on any atom is -0.478 e. The van der Waals surface area contributed by atoms with E-state index in [1.165, 1.54) is 5.56 Å². The highest BCUT2D eigenvalue weighted by molar-refractivity contribution is 7.80. The summed E-state index contributed by atoms with van der Waals surface area (Å²) < 4.78 is 0. The van der Waals surface area contributed by atoms with Crippen molar-refractivity contribution >= 4 is 41.8 Å². The predicted octanol–water partition coefficient (Wildman–Crippen LogP) is 7.06. The first-order valence-electron chi connectivity index (χ1n) is 9.80. The second kappa shape index (κ2) is 10.9. The van der Waals surface area contributed by atoms with Crippen LogP contribution >= 0.6 is 35.8 Å². The Bertz CT molecular complexity index is 1060. The molecule has 0 fully saturated rings. The van der Waals surface area contributed by atoms with E-state index in [2.05, 4.69) is 17.9 Å². The summed E-state index contributed by atoms with van der Waals surface area (Å²) in [5, 5.41) is 14.2. The molecular formula is C25H23Cl2NO2S. The van der Waals surface area contributed by atoms with Gasteiger partial charge in [-0.3, -0.25) is 5.32 Å². The van der Waals surface area contributed by atoms with Gasteiger partial charge in [-0.05, 0) is 60.4 Å². The van der Waals surface area contributed by atoms with Gasteiger partial charge in [0.2, 0.25) is 0 Å². The van der Waals surface area contributed by atoms with E-state index in [9.17, 15) is 9.90 Å². The third-order valence-corrected chi connectivity index (χ3v) is 6.06. The molecule has 3 nitrogen and oxygen atoms in total. The summed E-state index contributed by atoms with van der Waals surface area (Å²) in [6.45, 7) is 2.04. The SMILES string of the molecule is Cc1ccccc1S.O=C(O)C1=CCC(c2ccc(Cl)cc2)N[C@H]1c1cccc(Cl)c1. The van der Waals surface area contributed by atoms with Crippen LogP contribution in [0.2, 0.25) is 10.0 Å². The largest absolute Gasteiger partial charge is 0.478 e. The van der Waals surface area contributed by atoms with Crippen LogP contribution in [0, 0.1) is 6.92 Å². The van der Waals surface area contributed by atoms with Gasteiger partial charge in [0.15, 0.2) is 0 Å². The molecule has 0 bridgehead atoms. The summed E-state index contributed by atoms with van der Waals surface area (Å²) in [7, 11) is 0. The molecule has 0 aliphatic carbocycles. The lowest BCUT2D eigenvalue weighted by atomic mass is 9.89. The van der Waals surface area contributed by atoms with E-state index in [-0.39, 0.29) is 6.04 Å². The van der Waals surface area contributed by atoms with E-state index in [0.717, 1.165) is 16.0 Å². The summed E-state index contributed by atoms with van der Waals surface area (Å²) in [6.07, 6.45) is 2.39. The summed E-state index contributed by atoms with van der Waals surface area (Å²) in [5.41, 5.74) is 3.49. The predicted molar refractivity (Wildman–Crippen MR) is 130 cm³/mol. The average Bonchev–Trinajstić information content (AvgIpc) is 2.76. The average molecular weight is 472 g/mol. The van der Waals surface area contributed by atoms with E-state index in [4.69, 9.17) is 23.2 Å². The van der Waals surface area contributed by atoms with Crippen molar-refractivity contribution in [3.05, 3.63) is 111 Å². The Morgan fingerprint density at radius 1 is 0.968 bits per heavy atom. The number of nitrogens with one attached hydrogen (secondary N) is 1. The van der Waals surface area contributed by atoms with Gasteiger partial charge in [0.05, 0.1) is 11.6 Å². The lowest BCUT2D eigenvalue weighted by molar-refractivity contribution is -0.133. The highest BCUT2D eigenvalue weighted by atomic mass is 35.5. The molecule has 1 aliphatic rings. The Hall–Kier alpha value is -2.24. The molecule has 160 valence electrons. The van der Waals surface area contributed by atoms with Crippen molar-refractivity contribution in [3.63, 3.8) is 0 Å². The van der Waals surface area contributed by atoms with Gasteiger partial charge in [-0.15, -0.1) is 12.6 Å². The molecule has 0 aromatic heterocycles. The van der Waals surface area contributed by atoms with Crippen LogP contribution in [-0.2, 0) is 4.79 Å². The number of thiol groups is 1. The highest BCUT2D eigenvalue weighted by Gasteiger charge is 2.29. The molecule has 1 heterocycles. The minimum atomic E-state index is -0.919. The number of hydrogen-bond donors (Lipinski definition) is 3. The molecular weight excluding hydrogens is 449 g/mol. The molecule has 4 rings (SSSR count). The van der Waals surface area contributed by atoms with Gasteiger partial charge in [0.25, 0.3) is 0 Å². The fourth-order valence-electron chi connectivity index (χ4n) is 3.39. The number of rotatable bonds is 3. The van der Waals surface area contributed by atoms with Crippen molar-refractivity contribution in [1.29, 1.82) is 0 Å². The fraction of sp³-hybridized carbons (Fsp3) is 0.160. The molecule has 0 spiro atoms. The molecule has 31 heavy (non-hydrogen) atoms. The van der Waals surface area contributed by atoms with Crippen LogP contribution in [0.3, 0.4) is 0 Å². The van der Waals surface area contributed by atoms with Gasteiger partial charge < -0.3 is 5.11 Å². The van der Waals surface area contributed by atoms with E-state index in [0.29, 0.717) is 22.0 Å². The van der Waals surface area contributed by atoms with Gasteiger partial charge in [-0.2, -0.15) is 0 Å². The second-order valence-electron chi connectivity index (χ2n) is 7.25. The van der Waals surface area contributed by atoms with E-state index >= 15 is 0 Å². The summed E-state index contributed by atoms with van der Waals surface area (Å²) in [6, 6.07) is 22.5. The maximum absolute atomic E-state index is 11.6. The first-order chi connectivity index (χ1) is 14.8. The quantitative estimate of drug-likeness (QED) is 0.358. The Kier molecular flexibility index (Phi) is 8.22. The molecule has 1 unspecified atom stereocenters. The molecule has 1 aliphatic heterocycles. The third kappa shape index (κ3) is 6.37. The van der Waals surface area contributed by atoms with Gasteiger partial charge in [0, 0.05) is 21.0 Å². The molecule has 3 aromatic rings. The molecule has 0 saturated heterocycles. The smallest absolute Gasteiger partial charge is 0.333 e. The molecule has 2 atom stereocenters. The zero-order valence-corrected chi connectivity index (χ0v) is 19.3. The van der Waals surface area contributed by atoms with Crippen LogP contribution < -0.4 is 5.32 Å². The standard InChI is InChI=1S/C18H15Cl2NO2.C7H8S/c19-13-6-4-11(5-7-13)16-9-8-15(18(22)23)17(21-16)12-2-1-3-14(20)10-12;1-6-4-2-3-5-7(6)8/h1-8,10,16-17,21H,9H2,(H,22,23);2-5,8H,1H3/t16?,17-;/m0./s1. The normalized spacial score (nSPS) is 17.9. The Morgan fingerprint density at radius 3 is 2.26 bits per heavy atom. The summed E-state index contributed by atoms with van der Waals surface area (Å²) >= 11 is 16.2. The van der Waals surface area contributed by atoms with E-state index in [1.54, 1.807) is 18.2 Å². The summed E-state index contributed by atoms with van der Waals surface area (Å²) in [4.78, 5) is 12.6. The van der Waals surface area contributed by atoms with Crippen LogP contribution in [0.4, 0.5) is 0 Å². The molecule has 0 radical (unpaired) electrons. The fourth-order valence-corrected chi connectivity index (χ4v) is 3.87. The molecule has 2 N–H and O–H groups in total. The van der Waals surface area contributed by atoms with Crippen LogP contribution in [0.15, 0.2) is 89.3 Å². The Balaban J connectivity index is 0.000000287. The van der Waals surface area contributed by atoms with Crippen LogP contribution in [0.25, 0.3) is 0 Å². The topological polar surface area (TPSA) is 49.3 Å². The number of carbonyl (C=O) groups is 1. The van der Waals surface area contributed by atoms with Crippen molar-refractivity contribution in [2.45, 2.75) is 30.3 Å².